The quantitative estimate of drug-likeness (QED) is 0.696. The Morgan fingerprint density at radius 2 is 1.55 bits per heavy atom. The molecule has 0 unspecified atom stereocenters. The van der Waals surface area contributed by atoms with E-state index in [-0.39, 0.29) is 15.4 Å². The Hall–Kier alpha value is -2.07. The molecule has 1 heterocycles. The summed E-state index contributed by atoms with van der Waals surface area (Å²) in [5.41, 5.74) is 1.66. The van der Waals surface area contributed by atoms with Crippen molar-refractivity contribution in [1.29, 1.82) is 0 Å². The number of furan rings is 1. The van der Waals surface area contributed by atoms with Crippen molar-refractivity contribution in [1.82, 2.24) is 0 Å². The first-order valence-corrected chi connectivity index (χ1v) is 8.61. The normalized spacial score (nSPS) is 12.7. The van der Waals surface area contributed by atoms with Gasteiger partial charge in [-0.2, -0.15) is 0 Å². The van der Waals surface area contributed by atoms with E-state index in [1.807, 2.05) is 30.3 Å². The van der Waals surface area contributed by atoms with Gasteiger partial charge in [0.05, 0.1) is 4.90 Å². The molecular weight excluding hydrogens is 296 g/mol. The highest BCUT2D eigenvalue weighted by molar-refractivity contribution is 7.91. The summed E-state index contributed by atoms with van der Waals surface area (Å²) in [6.07, 6.45) is 0. The SMILES string of the molecule is CC(C)(C)c1ccc(S(=O)(=O)c2cc3ccccc3o2)cc1. The van der Waals surface area contributed by atoms with Gasteiger partial charge in [-0.25, -0.2) is 8.42 Å². The second-order valence-corrected chi connectivity index (χ2v) is 8.26. The van der Waals surface area contributed by atoms with Crippen LogP contribution < -0.4 is 0 Å². The van der Waals surface area contributed by atoms with Crippen LogP contribution >= 0.6 is 0 Å². The zero-order valence-corrected chi connectivity index (χ0v) is 13.6. The molecule has 0 aliphatic rings. The summed E-state index contributed by atoms with van der Waals surface area (Å²) in [5, 5.41) is 0.768. The molecule has 0 spiro atoms. The third kappa shape index (κ3) is 2.55. The van der Waals surface area contributed by atoms with Crippen molar-refractivity contribution in [2.45, 2.75) is 36.2 Å². The number of rotatable bonds is 2. The van der Waals surface area contributed by atoms with E-state index >= 15 is 0 Å². The van der Waals surface area contributed by atoms with Gasteiger partial charge in [0.15, 0.2) is 0 Å². The van der Waals surface area contributed by atoms with Gasteiger partial charge in [0, 0.05) is 11.5 Å². The van der Waals surface area contributed by atoms with Gasteiger partial charge in [0.2, 0.25) is 14.9 Å². The first kappa shape index (κ1) is 14.9. The Kier molecular flexibility index (Phi) is 3.37. The minimum Gasteiger partial charge on any atom is -0.444 e. The van der Waals surface area contributed by atoms with Crippen LogP contribution in [-0.2, 0) is 15.3 Å². The molecule has 2 aromatic carbocycles. The average Bonchev–Trinajstić information content (AvgIpc) is 2.91. The number of para-hydroxylation sites is 1. The van der Waals surface area contributed by atoms with Gasteiger partial charge < -0.3 is 4.42 Å². The van der Waals surface area contributed by atoms with Gasteiger partial charge in [-0.05, 0) is 29.2 Å². The number of fused-ring (bicyclic) bond motifs is 1. The van der Waals surface area contributed by atoms with Gasteiger partial charge in [-0.15, -0.1) is 0 Å². The van der Waals surface area contributed by atoms with Crippen LogP contribution in [0.1, 0.15) is 26.3 Å². The molecule has 0 N–H and O–H groups in total. The van der Waals surface area contributed by atoms with Crippen molar-refractivity contribution in [2.75, 3.05) is 0 Å². The Morgan fingerprint density at radius 1 is 0.909 bits per heavy atom. The zero-order chi connectivity index (χ0) is 16.0. The van der Waals surface area contributed by atoms with E-state index in [9.17, 15) is 8.42 Å². The highest BCUT2D eigenvalue weighted by atomic mass is 32.2. The van der Waals surface area contributed by atoms with Crippen molar-refractivity contribution in [2.24, 2.45) is 0 Å². The molecule has 1 aromatic heterocycles. The molecule has 0 atom stereocenters. The van der Waals surface area contributed by atoms with Crippen LogP contribution in [0.15, 0.2) is 69.0 Å². The topological polar surface area (TPSA) is 47.3 Å². The van der Waals surface area contributed by atoms with Crippen molar-refractivity contribution in [3.63, 3.8) is 0 Å². The molecule has 0 amide bonds. The van der Waals surface area contributed by atoms with Crippen LogP contribution in [0.2, 0.25) is 0 Å². The molecule has 0 radical (unpaired) electrons. The largest absolute Gasteiger partial charge is 0.444 e. The van der Waals surface area contributed by atoms with Crippen molar-refractivity contribution in [3.8, 4) is 0 Å². The molecule has 3 aromatic rings. The maximum atomic E-state index is 12.7. The van der Waals surface area contributed by atoms with Crippen LogP contribution in [0.4, 0.5) is 0 Å². The first-order valence-electron chi connectivity index (χ1n) is 7.13. The van der Waals surface area contributed by atoms with E-state index in [0.717, 1.165) is 10.9 Å². The lowest BCUT2D eigenvalue weighted by Crippen LogP contribution is -2.11. The summed E-state index contributed by atoms with van der Waals surface area (Å²) in [6.45, 7) is 6.28. The second kappa shape index (κ2) is 4.99. The molecule has 114 valence electrons. The maximum absolute atomic E-state index is 12.7. The molecule has 3 rings (SSSR count). The average molecular weight is 314 g/mol. The van der Waals surface area contributed by atoms with Crippen molar-refractivity contribution in [3.05, 3.63) is 60.2 Å². The molecule has 3 nitrogen and oxygen atoms in total. The van der Waals surface area contributed by atoms with Gasteiger partial charge in [0.1, 0.15) is 5.58 Å². The Labute approximate surface area is 130 Å². The molecule has 0 fully saturated rings. The fourth-order valence-corrected chi connectivity index (χ4v) is 3.55. The third-order valence-corrected chi connectivity index (χ3v) is 5.32. The monoisotopic (exact) mass is 314 g/mol. The van der Waals surface area contributed by atoms with Gasteiger partial charge in [-0.1, -0.05) is 51.1 Å². The lowest BCUT2D eigenvalue weighted by molar-refractivity contribution is 0.481. The number of hydrogen-bond acceptors (Lipinski definition) is 3. The van der Waals surface area contributed by atoms with E-state index < -0.39 is 9.84 Å². The number of sulfone groups is 1. The van der Waals surface area contributed by atoms with Crippen molar-refractivity contribution < 1.29 is 12.8 Å². The summed E-state index contributed by atoms with van der Waals surface area (Å²) in [6, 6.07) is 15.8. The van der Waals surface area contributed by atoms with Gasteiger partial charge in [-0.3, -0.25) is 0 Å². The lowest BCUT2D eigenvalue weighted by Gasteiger charge is -2.18. The van der Waals surface area contributed by atoms with Gasteiger partial charge >= 0.3 is 0 Å². The highest BCUT2D eigenvalue weighted by Crippen LogP contribution is 2.29. The second-order valence-electron chi connectivity index (χ2n) is 6.38. The summed E-state index contributed by atoms with van der Waals surface area (Å²) < 4.78 is 30.8. The van der Waals surface area contributed by atoms with Crippen LogP contribution in [0.25, 0.3) is 11.0 Å². The summed E-state index contributed by atoms with van der Waals surface area (Å²) in [5.74, 6) is 0. The molecule has 4 heteroatoms. The smallest absolute Gasteiger partial charge is 0.239 e. The summed E-state index contributed by atoms with van der Waals surface area (Å²) in [4.78, 5) is 0.250. The van der Waals surface area contributed by atoms with E-state index in [0.29, 0.717) is 5.58 Å². The number of benzene rings is 2. The molecule has 22 heavy (non-hydrogen) atoms. The fourth-order valence-electron chi connectivity index (χ4n) is 2.34. The number of hydrogen-bond donors (Lipinski definition) is 0. The molecule has 0 saturated heterocycles. The Balaban J connectivity index is 2.05. The van der Waals surface area contributed by atoms with E-state index in [1.165, 1.54) is 0 Å². The minimum absolute atomic E-state index is 0.0122. The van der Waals surface area contributed by atoms with Crippen molar-refractivity contribution >= 4 is 20.8 Å². The van der Waals surface area contributed by atoms with E-state index in [1.54, 1.807) is 24.3 Å². The van der Waals surface area contributed by atoms with Crippen LogP contribution in [0.5, 0.6) is 0 Å². The standard InChI is InChI=1S/C18H18O3S/c1-18(2,3)14-8-10-15(11-9-14)22(19,20)17-12-13-6-4-5-7-16(13)21-17/h4-12H,1-3H3. The van der Waals surface area contributed by atoms with Crippen LogP contribution in [-0.4, -0.2) is 8.42 Å². The molecule has 0 aliphatic carbocycles. The molecule has 0 saturated carbocycles. The minimum atomic E-state index is -3.63. The fraction of sp³-hybridized carbons (Fsp3) is 0.222. The molecular formula is C18H18O3S. The predicted octanol–water partition coefficient (Wildman–Crippen LogP) is 4.56. The summed E-state index contributed by atoms with van der Waals surface area (Å²) >= 11 is 0. The van der Waals surface area contributed by atoms with Crippen LogP contribution in [0.3, 0.4) is 0 Å². The molecule has 0 bridgehead atoms. The lowest BCUT2D eigenvalue weighted by atomic mass is 9.87. The first-order chi connectivity index (χ1) is 10.3. The maximum Gasteiger partial charge on any atom is 0.239 e. The summed E-state index contributed by atoms with van der Waals surface area (Å²) in [7, 11) is -3.63. The Bertz CT molecular complexity index is 878. The third-order valence-electron chi connectivity index (χ3n) is 3.70. The van der Waals surface area contributed by atoms with Crippen LogP contribution in [0, 0.1) is 0 Å². The Morgan fingerprint density at radius 3 is 2.14 bits per heavy atom. The molecule has 0 aliphatic heterocycles. The van der Waals surface area contributed by atoms with E-state index in [4.69, 9.17) is 4.42 Å². The zero-order valence-electron chi connectivity index (χ0n) is 12.8. The van der Waals surface area contributed by atoms with Gasteiger partial charge in [0.25, 0.3) is 0 Å². The van der Waals surface area contributed by atoms with E-state index in [2.05, 4.69) is 20.8 Å². The highest BCUT2D eigenvalue weighted by Gasteiger charge is 2.23. The predicted molar refractivity (Wildman–Crippen MR) is 86.8 cm³/mol.